The molecule has 1 amide bonds. The van der Waals surface area contributed by atoms with E-state index in [1.54, 1.807) is 10.9 Å². The van der Waals surface area contributed by atoms with Gasteiger partial charge in [0.05, 0.1) is 11.4 Å². The number of carbonyl (C=O) groups excluding carboxylic acids is 1. The largest absolute Gasteiger partial charge is 0.337 e. The minimum absolute atomic E-state index is 0. The molecule has 2 aliphatic rings. The number of fused-ring (bicyclic) bond motifs is 2. The second-order valence-electron chi connectivity index (χ2n) is 7.68. The molecule has 1 saturated carbocycles. The Labute approximate surface area is 169 Å². The summed E-state index contributed by atoms with van der Waals surface area (Å²) in [5.74, 6) is 0.919. The Kier molecular flexibility index (Phi) is 4.81. The van der Waals surface area contributed by atoms with Crippen LogP contribution >= 0.6 is 12.4 Å². The molecule has 8 heteroatoms. The van der Waals surface area contributed by atoms with Crippen molar-refractivity contribution in [2.45, 2.75) is 25.8 Å². The second-order valence-corrected chi connectivity index (χ2v) is 7.68. The molecule has 7 nitrogen and oxygen atoms in total. The lowest BCUT2D eigenvalue weighted by atomic mass is 9.98. The number of carbonyl (C=O) groups is 1. The first-order valence-corrected chi connectivity index (χ1v) is 9.44. The van der Waals surface area contributed by atoms with Crippen molar-refractivity contribution in [1.82, 2.24) is 24.9 Å². The molecule has 2 fully saturated rings. The van der Waals surface area contributed by atoms with Crippen LogP contribution in [0.4, 0.5) is 0 Å². The molecule has 1 aliphatic heterocycles. The number of halogens is 1. The van der Waals surface area contributed by atoms with Crippen LogP contribution in [0.25, 0.3) is 16.5 Å². The number of hydrogen-bond donors (Lipinski definition) is 1. The van der Waals surface area contributed by atoms with Gasteiger partial charge in [0.2, 0.25) is 0 Å². The molecule has 5 rings (SSSR count). The van der Waals surface area contributed by atoms with Gasteiger partial charge in [0, 0.05) is 42.3 Å². The minimum Gasteiger partial charge on any atom is -0.337 e. The van der Waals surface area contributed by atoms with Gasteiger partial charge in [0.1, 0.15) is 0 Å². The van der Waals surface area contributed by atoms with Crippen LogP contribution < -0.4 is 5.73 Å². The summed E-state index contributed by atoms with van der Waals surface area (Å²) >= 11 is 0. The molecular formula is C20H23ClN6O. The van der Waals surface area contributed by atoms with Crippen LogP contribution in [-0.4, -0.2) is 49.9 Å². The summed E-state index contributed by atoms with van der Waals surface area (Å²) in [6, 6.07) is 8.13. The highest BCUT2D eigenvalue weighted by atomic mass is 35.5. The monoisotopic (exact) mass is 398 g/mol. The van der Waals surface area contributed by atoms with E-state index in [1.807, 2.05) is 42.3 Å². The van der Waals surface area contributed by atoms with Crippen molar-refractivity contribution in [1.29, 1.82) is 0 Å². The van der Waals surface area contributed by atoms with Crippen LogP contribution in [0.5, 0.6) is 0 Å². The Bertz CT molecular complexity index is 1030. The average Bonchev–Trinajstić information content (AvgIpc) is 3.37. The second kappa shape index (κ2) is 7.14. The molecule has 3 unspecified atom stereocenters. The lowest BCUT2D eigenvalue weighted by Crippen LogP contribution is -2.34. The van der Waals surface area contributed by atoms with Crippen LogP contribution in [-0.2, 0) is 0 Å². The molecule has 146 valence electrons. The number of nitrogens with zero attached hydrogens (tertiary/aromatic N) is 5. The van der Waals surface area contributed by atoms with Gasteiger partial charge in [-0.05, 0) is 43.7 Å². The van der Waals surface area contributed by atoms with Gasteiger partial charge in [0.15, 0.2) is 5.69 Å². The van der Waals surface area contributed by atoms with E-state index < -0.39 is 0 Å². The summed E-state index contributed by atoms with van der Waals surface area (Å²) in [7, 11) is 0. The van der Waals surface area contributed by atoms with Crippen molar-refractivity contribution >= 4 is 29.1 Å². The molecule has 28 heavy (non-hydrogen) atoms. The van der Waals surface area contributed by atoms with Gasteiger partial charge in [-0.3, -0.25) is 9.78 Å². The van der Waals surface area contributed by atoms with Gasteiger partial charge in [0.25, 0.3) is 5.91 Å². The first kappa shape index (κ1) is 18.8. The van der Waals surface area contributed by atoms with E-state index in [0.717, 1.165) is 48.1 Å². The lowest BCUT2D eigenvalue weighted by molar-refractivity contribution is 0.0773. The van der Waals surface area contributed by atoms with Crippen LogP contribution in [0.2, 0.25) is 0 Å². The minimum atomic E-state index is -0.0396. The molecule has 3 heterocycles. The number of benzene rings is 1. The van der Waals surface area contributed by atoms with Gasteiger partial charge in [-0.25, -0.2) is 4.68 Å². The molecule has 3 atom stereocenters. The van der Waals surface area contributed by atoms with Gasteiger partial charge < -0.3 is 10.6 Å². The van der Waals surface area contributed by atoms with Crippen LogP contribution in [0.3, 0.4) is 0 Å². The van der Waals surface area contributed by atoms with Crippen molar-refractivity contribution in [3.05, 3.63) is 48.0 Å². The molecule has 2 aromatic heterocycles. The fourth-order valence-electron chi connectivity index (χ4n) is 4.67. The number of hydrogen-bond acceptors (Lipinski definition) is 5. The Morgan fingerprint density at radius 1 is 1.21 bits per heavy atom. The smallest absolute Gasteiger partial charge is 0.276 e. The van der Waals surface area contributed by atoms with Crippen molar-refractivity contribution < 1.29 is 4.79 Å². The third-order valence-electron chi connectivity index (χ3n) is 6.18. The molecular weight excluding hydrogens is 376 g/mol. The highest BCUT2D eigenvalue weighted by molar-refractivity contribution is 5.94. The van der Waals surface area contributed by atoms with E-state index in [2.05, 4.69) is 15.3 Å². The van der Waals surface area contributed by atoms with Crippen molar-refractivity contribution in [2.24, 2.45) is 17.6 Å². The van der Waals surface area contributed by atoms with Gasteiger partial charge in [-0.15, -0.1) is 17.5 Å². The van der Waals surface area contributed by atoms with Gasteiger partial charge >= 0.3 is 0 Å². The molecule has 0 radical (unpaired) electrons. The molecule has 1 aliphatic carbocycles. The van der Waals surface area contributed by atoms with Gasteiger partial charge in [-0.2, -0.15) is 0 Å². The number of likely N-dealkylation sites (tertiary alicyclic amines) is 1. The Balaban J connectivity index is 0.00000192. The Hall–Kier alpha value is -2.51. The SMILES string of the molecule is Cc1c(C(=O)N2CC3CCC(N)C3C2)nnn1-c1cccc2cnccc12.Cl. The lowest BCUT2D eigenvalue weighted by Gasteiger charge is -2.18. The molecule has 1 aromatic carbocycles. The zero-order valence-electron chi connectivity index (χ0n) is 15.7. The van der Waals surface area contributed by atoms with E-state index in [4.69, 9.17) is 5.73 Å². The van der Waals surface area contributed by atoms with Crippen LogP contribution in [0, 0.1) is 18.8 Å². The van der Waals surface area contributed by atoms with Crippen LogP contribution in [0.1, 0.15) is 29.0 Å². The number of rotatable bonds is 2. The van der Waals surface area contributed by atoms with Crippen molar-refractivity contribution in [3.63, 3.8) is 0 Å². The van der Waals surface area contributed by atoms with E-state index in [9.17, 15) is 4.79 Å². The summed E-state index contributed by atoms with van der Waals surface area (Å²) in [5, 5.41) is 10.6. The Morgan fingerprint density at radius 3 is 2.89 bits per heavy atom. The number of aromatic nitrogens is 4. The zero-order chi connectivity index (χ0) is 18.5. The number of nitrogens with two attached hydrogens (primary N) is 1. The first-order valence-electron chi connectivity index (χ1n) is 9.44. The third-order valence-corrected chi connectivity index (χ3v) is 6.18. The maximum Gasteiger partial charge on any atom is 0.276 e. The predicted molar refractivity (Wildman–Crippen MR) is 109 cm³/mol. The van der Waals surface area contributed by atoms with E-state index in [-0.39, 0.29) is 24.4 Å². The molecule has 2 N–H and O–H groups in total. The normalized spacial score (nSPS) is 23.6. The maximum absolute atomic E-state index is 13.1. The van der Waals surface area contributed by atoms with E-state index >= 15 is 0 Å². The highest BCUT2D eigenvalue weighted by Gasteiger charge is 2.43. The van der Waals surface area contributed by atoms with E-state index in [0.29, 0.717) is 17.5 Å². The third kappa shape index (κ3) is 2.86. The maximum atomic E-state index is 13.1. The summed E-state index contributed by atoms with van der Waals surface area (Å²) in [6.45, 7) is 3.41. The Morgan fingerprint density at radius 2 is 2.07 bits per heavy atom. The fraction of sp³-hybridized carbons (Fsp3) is 0.400. The summed E-state index contributed by atoms with van der Waals surface area (Å²) in [5.41, 5.74) is 8.29. The molecule has 0 bridgehead atoms. The first-order chi connectivity index (χ1) is 13.1. The topological polar surface area (TPSA) is 89.9 Å². The average molecular weight is 399 g/mol. The molecule has 3 aromatic rings. The number of amides is 1. The quantitative estimate of drug-likeness (QED) is 0.715. The number of pyridine rings is 1. The van der Waals surface area contributed by atoms with Gasteiger partial charge in [-0.1, -0.05) is 17.3 Å². The van der Waals surface area contributed by atoms with Crippen molar-refractivity contribution in [3.8, 4) is 5.69 Å². The predicted octanol–water partition coefficient (Wildman–Crippen LogP) is 2.36. The standard InChI is InChI=1S/C20H22N6O.ClH/c1-12-19(20(27)25-10-14-5-6-17(21)16(14)11-25)23-24-26(12)18-4-2-3-13-9-22-8-7-15(13)18;/h2-4,7-9,14,16-17H,5-6,10-11,21H2,1H3;1H. The van der Waals surface area contributed by atoms with Crippen LogP contribution in [0.15, 0.2) is 36.7 Å². The fourth-order valence-corrected chi connectivity index (χ4v) is 4.67. The summed E-state index contributed by atoms with van der Waals surface area (Å²) in [6.07, 6.45) is 5.77. The van der Waals surface area contributed by atoms with Crippen molar-refractivity contribution in [2.75, 3.05) is 13.1 Å². The molecule has 1 saturated heterocycles. The zero-order valence-corrected chi connectivity index (χ0v) is 16.5. The summed E-state index contributed by atoms with van der Waals surface area (Å²) in [4.78, 5) is 19.2. The molecule has 0 spiro atoms. The summed E-state index contributed by atoms with van der Waals surface area (Å²) < 4.78 is 1.75. The highest BCUT2D eigenvalue weighted by Crippen LogP contribution is 2.37. The van der Waals surface area contributed by atoms with E-state index in [1.165, 1.54) is 0 Å².